The number of hydrogen-bond donors (Lipinski definition) is 1. The van der Waals surface area contributed by atoms with E-state index in [1.807, 2.05) is 54.6 Å². The van der Waals surface area contributed by atoms with Crippen LogP contribution in [0.5, 0.6) is 5.75 Å². The molecule has 0 heterocycles. The molecule has 5 nitrogen and oxygen atoms in total. The van der Waals surface area contributed by atoms with Crippen LogP contribution in [-0.2, 0) is 6.61 Å². The van der Waals surface area contributed by atoms with E-state index < -0.39 is 0 Å². The monoisotopic (exact) mass is 389 g/mol. The molecular weight excluding hydrogens is 374 g/mol. The molecule has 3 aromatic rings. The van der Waals surface area contributed by atoms with Gasteiger partial charge in [0, 0.05) is 21.7 Å². The third kappa shape index (κ3) is 4.97. The van der Waals surface area contributed by atoms with Gasteiger partial charge in [-0.1, -0.05) is 41.9 Å². The number of amides is 1. The number of carbonyl (C=O) groups excluding carboxylic acids is 1. The highest BCUT2D eigenvalue weighted by Crippen LogP contribution is 2.20. The molecule has 3 rings (SSSR count). The molecule has 138 valence electrons. The molecule has 0 fully saturated rings. The summed E-state index contributed by atoms with van der Waals surface area (Å²) < 4.78 is 5.85. The second-order valence-corrected chi connectivity index (χ2v) is 6.21. The number of hydrogen-bond acceptors (Lipinski definition) is 4. The lowest BCUT2D eigenvalue weighted by Crippen LogP contribution is -2.17. The summed E-state index contributed by atoms with van der Waals surface area (Å²) in [5, 5.41) is 13.4. The van der Waals surface area contributed by atoms with Crippen molar-refractivity contribution >= 4 is 23.7 Å². The molecule has 0 unspecified atom stereocenters. The predicted octanol–water partition coefficient (Wildman–Crippen LogP) is 4.55. The summed E-state index contributed by atoms with van der Waals surface area (Å²) in [6.45, 7) is 0.322. The summed E-state index contributed by atoms with van der Waals surface area (Å²) in [5.74, 6) is 0.258. The van der Waals surface area contributed by atoms with Crippen molar-refractivity contribution in [1.29, 1.82) is 5.26 Å². The fourth-order valence-electron chi connectivity index (χ4n) is 2.41. The van der Waals surface area contributed by atoms with Gasteiger partial charge >= 0.3 is 0 Å². The molecule has 0 aliphatic heterocycles. The summed E-state index contributed by atoms with van der Waals surface area (Å²) in [5.41, 5.74) is 4.97. The standard InChI is InChI=1S/C22H16ClN3O2/c23-20-7-3-1-6-19(20)15-28-21-8-4-2-5-18(21)14-25-26-22(27)17-11-9-16(13-24)10-12-17/h1-12,14H,15H2,(H,26,27). The third-order valence-electron chi connectivity index (χ3n) is 3.91. The van der Waals surface area contributed by atoms with Crippen LogP contribution in [0.15, 0.2) is 77.9 Å². The summed E-state index contributed by atoms with van der Waals surface area (Å²) in [7, 11) is 0. The van der Waals surface area contributed by atoms with E-state index in [1.165, 1.54) is 6.21 Å². The van der Waals surface area contributed by atoms with Crippen LogP contribution in [0.3, 0.4) is 0 Å². The van der Waals surface area contributed by atoms with Crippen molar-refractivity contribution < 1.29 is 9.53 Å². The Balaban J connectivity index is 1.64. The molecule has 0 spiro atoms. The zero-order valence-corrected chi connectivity index (χ0v) is 15.6. The van der Waals surface area contributed by atoms with Gasteiger partial charge in [-0.15, -0.1) is 0 Å². The minimum atomic E-state index is -0.366. The van der Waals surface area contributed by atoms with Gasteiger partial charge in [-0.3, -0.25) is 4.79 Å². The summed E-state index contributed by atoms with van der Waals surface area (Å²) >= 11 is 6.15. The number of carbonyl (C=O) groups is 1. The highest BCUT2D eigenvalue weighted by molar-refractivity contribution is 6.31. The normalized spacial score (nSPS) is 10.4. The first-order chi connectivity index (χ1) is 13.7. The van der Waals surface area contributed by atoms with Crippen molar-refractivity contribution in [3.63, 3.8) is 0 Å². The average molecular weight is 390 g/mol. The summed E-state index contributed by atoms with van der Waals surface area (Å²) in [6, 6.07) is 23.2. The zero-order valence-electron chi connectivity index (χ0n) is 14.8. The van der Waals surface area contributed by atoms with Gasteiger partial charge in [0.25, 0.3) is 5.91 Å². The maximum atomic E-state index is 12.1. The molecule has 6 heteroatoms. The molecule has 0 bridgehead atoms. The Labute approximate surface area is 167 Å². The van der Waals surface area contributed by atoms with Gasteiger partial charge in [0.15, 0.2) is 0 Å². The van der Waals surface area contributed by atoms with E-state index in [0.717, 1.165) is 11.1 Å². The fourth-order valence-corrected chi connectivity index (χ4v) is 2.60. The molecule has 0 aromatic heterocycles. The molecule has 0 radical (unpaired) electrons. The molecule has 1 N–H and O–H groups in total. The number of rotatable bonds is 6. The number of nitriles is 1. The molecule has 1 amide bonds. The maximum Gasteiger partial charge on any atom is 0.271 e. The first-order valence-corrected chi connectivity index (χ1v) is 8.84. The van der Waals surface area contributed by atoms with Crippen LogP contribution in [0, 0.1) is 11.3 Å². The second-order valence-electron chi connectivity index (χ2n) is 5.81. The Hall–Kier alpha value is -3.62. The molecule has 0 saturated carbocycles. The Bertz CT molecular complexity index is 1040. The Morgan fingerprint density at radius 3 is 2.54 bits per heavy atom. The van der Waals surface area contributed by atoms with E-state index >= 15 is 0 Å². The van der Waals surface area contributed by atoms with Crippen molar-refractivity contribution in [2.24, 2.45) is 5.10 Å². The van der Waals surface area contributed by atoms with Crippen LogP contribution >= 0.6 is 11.6 Å². The number of para-hydroxylation sites is 1. The maximum absolute atomic E-state index is 12.1. The SMILES string of the molecule is N#Cc1ccc(C(=O)NN=Cc2ccccc2OCc2ccccc2Cl)cc1. The Kier molecular flexibility index (Phi) is 6.40. The summed E-state index contributed by atoms with van der Waals surface area (Å²) in [4.78, 5) is 12.1. The van der Waals surface area contributed by atoms with Gasteiger partial charge in [-0.2, -0.15) is 10.4 Å². The van der Waals surface area contributed by atoms with E-state index in [1.54, 1.807) is 24.3 Å². The van der Waals surface area contributed by atoms with Gasteiger partial charge in [0.2, 0.25) is 0 Å². The van der Waals surface area contributed by atoms with E-state index in [4.69, 9.17) is 21.6 Å². The minimum Gasteiger partial charge on any atom is -0.488 e. The van der Waals surface area contributed by atoms with Crippen LogP contribution in [0.4, 0.5) is 0 Å². The van der Waals surface area contributed by atoms with Gasteiger partial charge in [0.1, 0.15) is 12.4 Å². The van der Waals surface area contributed by atoms with Gasteiger partial charge in [-0.05, 0) is 42.5 Å². The van der Waals surface area contributed by atoms with E-state index in [0.29, 0.717) is 28.5 Å². The number of benzene rings is 3. The van der Waals surface area contributed by atoms with Gasteiger partial charge in [-0.25, -0.2) is 5.43 Å². The molecule has 3 aromatic carbocycles. The first kappa shape index (κ1) is 19.2. The van der Waals surface area contributed by atoms with E-state index in [-0.39, 0.29) is 5.91 Å². The summed E-state index contributed by atoms with van der Waals surface area (Å²) in [6.07, 6.45) is 1.52. The topological polar surface area (TPSA) is 74.5 Å². The number of nitrogens with one attached hydrogen (secondary N) is 1. The molecule has 0 atom stereocenters. The second kappa shape index (κ2) is 9.36. The first-order valence-electron chi connectivity index (χ1n) is 8.46. The molecule has 0 aliphatic carbocycles. The Morgan fingerprint density at radius 1 is 1.07 bits per heavy atom. The molecule has 0 saturated heterocycles. The quantitative estimate of drug-likeness (QED) is 0.496. The fraction of sp³-hybridized carbons (Fsp3) is 0.0455. The van der Waals surface area contributed by atoms with Crippen molar-refractivity contribution in [3.8, 4) is 11.8 Å². The van der Waals surface area contributed by atoms with Crippen LogP contribution in [-0.4, -0.2) is 12.1 Å². The lowest BCUT2D eigenvalue weighted by atomic mass is 10.1. The van der Waals surface area contributed by atoms with E-state index in [9.17, 15) is 4.79 Å². The highest BCUT2D eigenvalue weighted by Gasteiger charge is 2.06. The highest BCUT2D eigenvalue weighted by atomic mass is 35.5. The van der Waals surface area contributed by atoms with Crippen LogP contribution in [0.25, 0.3) is 0 Å². The van der Waals surface area contributed by atoms with Crippen molar-refractivity contribution in [2.75, 3.05) is 0 Å². The predicted molar refractivity (Wildman–Crippen MR) is 108 cm³/mol. The average Bonchev–Trinajstić information content (AvgIpc) is 2.74. The van der Waals surface area contributed by atoms with Crippen LogP contribution in [0.2, 0.25) is 5.02 Å². The van der Waals surface area contributed by atoms with Crippen LogP contribution < -0.4 is 10.2 Å². The number of ether oxygens (including phenoxy) is 1. The molecule has 0 aliphatic rings. The number of halogens is 1. The zero-order chi connectivity index (χ0) is 19.8. The van der Waals surface area contributed by atoms with Crippen molar-refractivity contribution in [2.45, 2.75) is 6.61 Å². The third-order valence-corrected chi connectivity index (χ3v) is 4.27. The van der Waals surface area contributed by atoms with Gasteiger partial charge < -0.3 is 4.74 Å². The lowest BCUT2D eigenvalue weighted by Gasteiger charge is -2.10. The lowest BCUT2D eigenvalue weighted by molar-refractivity contribution is 0.0955. The molecule has 28 heavy (non-hydrogen) atoms. The number of nitrogens with zero attached hydrogens (tertiary/aromatic N) is 2. The van der Waals surface area contributed by atoms with Gasteiger partial charge in [0.05, 0.1) is 17.8 Å². The molecular formula is C22H16ClN3O2. The smallest absolute Gasteiger partial charge is 0.271 e. The van der Waals surface area contributed by atoms with E-state index in [2.05, 4.69) is 10.5 Å². The van der Waals surface area contributed by atoms with Crippen LogP contribution in [0.1, 0.15) is 27.0 Å². The van der Waals surface area contributed by atoms with Crippen molar-refractivity contribution in [3.05, 3.63) is 100 Å². The minimum absolute atomic E-state index is 0.322. The number of hydrazone groups is 1. The van der Waals surface area contributed by atoms with Crippen molar-refractivity contribution in [1.82, 2.24) is 5.43 Å². The largest absolute Gasteiger partial charge is 0.488 e. The Morgan fingerprint density at radius 2 is 1.79 bits per heavy atom.